The van der Waals surface area contributed by atoms with Gasteiger partial charge in [0, 0.05) is 5.56 Å². The first-order chi connectivity index (χ1) is 18.8. The predicted molar refractivity (Wildman–Crippen MR) is 161 cm³/mol. The number of carbonyl (C=O) groups is 2. The van der Waals surface area contributed by atoms with Gasteiger partial charge in [-0.15, -0.1) is 0 Å². The van der Waals surface area contributed by atoms with Crippen molar-refractivity contribution in [2.75, 3.05) is 0 Å². The standard InChI is InChI=1S/C35H46N2O3/c1-33(2,3)20-19-29(25-11-15-27(16-12-25)32(39)40)37-31(38)30(26-13-9-24(10-14-26)23-7-8-23)36-35(37)21-17-28(18-22-35)34(4,5)6/h9-16,23,28-29H,7-8,17-22H2,1-6H3,(H,39,40). The van der Waals surface area contributed by atoms with Crippen LogP contribution in [0.5, 0.6) is 0 Å². The lowest BCUT2D eigenvalue weighted by Crippen LogP contribution is -2.51. The minimum absolute atomic E-state index is 0.00889. The molecule has 0 radical (unpaired) electrons. The summed E-state index contributed by atoms with van der Waals surface area (Å²) in [4.78, 5) is 33.6. The summed E-state index contributed by atoms with van der Waals surface area (Å²) in [6, 6.07) is 15.5. The third kappa shape index (κ3) is 5.89. The molecule has 2 saturated carbocycles. The molecule has 1 heterocycles. The summed E-state index contributed by atoms with van der Waals surface area (Å²) < 4.78 is 0. The van der Waals surface area contributed by atoms with E-state index < -0.39 is 11.6 Å². The second kappa shape index (κ2) is 10.5. The lowest BCUT2D eigenvalue weighted by Gasteiger charge is -2.47. The summed E-state index contributed by atoms with van der Waals surface area (Å²) in [5.74, 6) is 0.332. The van der Waals surface area contributed by atoms with Crippen molar-refractivity contribution in [3.63, 3.8) is 0 Å². The van der Waals surface area contributed by atoms with Crippen molar-refractivity contribution in [1.82, 2.24) is 4.90 Å². The van der Waals surface area contributed by atoms with E-state index in [9.17, 15) is 14.7 Å². The fourth-order valence-electron chi connectivity index (χ4n) is 6.72. The van der Waals surface area contributed by atoms with Gasteiger partial charge in [0.25, 0.3) is 5.91 Å². The van der Waals surface area contributed by atoms with Crippen molar-refractivity contribution >= 4 is 17.6 Å². The van der Waals surface area contributed by atoms with Crippen LogP contribution in [0.1, 0.15) is 132 Å². The molecule has 1 amide bonds. The highest BCUT2D eigenvalue weighted by molar-refractivity contribution is 6.46. The maximum Gasteiger partial charge on any atom is 0.335 e. The summed E-state index contributed by atoms with van der Waals surface area (Å²) in [6.07, 6.45) is 8.02. The van der Waals surface area contributed by atoms with E-state index in [2.05, 4.69) is 70.7 Å². The third-order valence-corrected chi connectivity index (χ3v) is 9.46. The van der Waals surface area contributed by atoms with Gasteiger partial charge in [0.1, 0.15) is 11.4 Å². The Bertz CT molecular complexity index is 1270. The second-order valence-electron chi connectivity index (χ2n) is 14.7. The molecule has 214 valence electrons. The van der Waals surface area contributed by atoms with Crippen molar-refractivity contribution in [3.05, 3.63) is 70.8 Å². The average molecular weight is 543 g/mol. The molecule has 1 aliphatic heterocycles. The Labute approximate surface area is 240 Å². The summed E-state index contributed by atoms with van der Waals surface area (Å²) in [6.45, 7) is 13.7. The molecule has 0 aromatic heterocycles. The van der Waals surface area contributed by atoms with Gasteiger partial charge >= 0.3 is 5.97 Å². The van der Waals surface area contributed by atoms with Crippen LogP contribution >= 0.6 is 0 Å². The normalized spacial score (nSPS) is 24.4. The first kappa shape index (κ1) is 28.6. The molecule has 2 aromatic rings. The van der Waals surface area contributed by atoms with Crippen LogP contribution in [0.3, 0.4) is 0 Å². The van der Waals surface area contributed by atoms with Crippen molar-refractivity contribution in [1.29, 1.82) is 0 Å². The minimum Gasteiger partial charge on any atom is -0.478 e. The van der Waals surface area contributed by atoms with E-state index in [0.29, 0.717) is 17.5 Å². The highest BCUT2D eigenvalue weighted by Crippen LogP contribution is 2.50. The molecule has 1 spiro atoms. The zero-order valence-corrected chi connectivity index (χ0v) is 25.2. The lowest BCUT2D eigenvalue weighted by molar-refractivity contribution is -0.134. The maximum absolute atomic E-state index is 14.5. The van der Waals surface area contributed by atoms with Crippen molar-refractivity contribution in [2.24, 2.45) is 21.7 Å². The highest BCUT2D eigenvalue weighted by atomic mass is 16.4. The molecular weight excluding hydrogens is 496 g/mol. The number of amides is 1. The molecule has 1 unspecified atom stereocenters. The topological polar surface area (TPSA) is 70.0 Å². The number of aliphatic imine (C=N–C) groups is 1. The largest absolute Gasteiger partial charge is 0.478 e. The predicted octanol–water partition coefficient (Wildman–Crippen LogP) is 8.39. The summed E-state index contributed by atoms with van der Waals surface area (Å²) >= 11 is 0. The molecule has 2 aromatic carbocycles. The summed E-state index contributed by atoms with van der Waals surface area (Å²) in [5.41, 5.74) is 3.84. The number of hydrogen-bond acceptors (Lipinski definition) is 3. The Kier molecular flexibility index (Phi) is 7.48. The molecule has 5 nitrogen and oxygen atoms in total. The maximum atomic E-state index is 14.5. The average Bonchev–Trinajstić information content (AvgIpc) is 3.71. The van der Waals surface area contributed by atoms with Gasteiger partial charge in [-0.25, -0.2) is 4.79 Å². The van der Waals surface area contributed by atoms with Crippen LogP contribution in [-0.4, -0.2) is 33.3 Å². The fourth-order valence-corrected chi connectivity index (χ4v) is 6.72. The summed E-state index contributed by atoms with van der Waals surface area (Å²) in [5, 5.41) is 9.50. The molecule has 2 fully saturated rings. The molecule has 0 saturated heterocycles. The Hall–Kier alpha value is -2.95. The number of carbonyl (C=O) groups excluding carboxylic acids is 1. The van der Waals surface area contributed by atoms with Crippen LogP contribution in [0, 0.1) is 16.7 Å². The van der Waals surface area contributed by atoms with E-state index in [-0.39, 0.29) is 28.3 Å². The number of nitrogens with zero attached hydrogens (tertiary/aromatic N) is 2. The lowest BCUT2D eigenvalue weighted by atomic mass is 9.69. The third-order valence-electron chi connectivity index (χ3n) is 9.46. The number of aromatic carboxylic acids is 1. The van der Waals surface area contributed by atoms with Gasteiger partial charge in [0.05, 0.1) is 11.6 Å². The van der Waals surface area contributed by atoms with Crippen molar-refractivity contribution < 1.29 is 14.7 Å². The monoisotopic (exact) mass is 542 g/mol. The van der Waals surface area contributed by atoms with E-state index in [1.165, 1.54) is 18.4 Å². The number of benzene rings is 2. The molecule has 1 atom stereocenters. The minimum atomic E-state index is -0.938. The number of hydrogen-bond donors (Lipinski definition) is 1. The Morgan fingerprint density at radius 1 is 0.950 bits per heavy atom. The Morgan fingerprint density at radius 2 is 1.55 bits per heavy atom. The van der Waals surface area contributed by atoms with E-state index >= 15 is 0 Å². The van der Waals surface area contributed by atoms with Crippen LogP contribution < -0.4 is 0 Å². The van der Waals surface area contributed by atoms with Crippen LogP contribution in [-0.2, 0) is 4.79 Å². The second-order valence-corrected chi connectivity index (χ2v) is 14.7. The quantitative estimate of drug-likeness (QED) is 0.382. The zero-order chi connectivity index (χ0) is 28.9. The Morgan fingerprint density at radius 3 is 2.05 bits per heavy atom. The van der Waals surface area contributed by atoms with Gasteiger partial charge in [-0.05, 0) is 97.3 Å². The SMILES string of the molecule is CC(C)(C)CCC(c1ccc(C(=O)O)cc1)N1C(=O)C(c2ccc(C3CC3)cc2)=NC12CCC(C(C)(C)C)CC2. The Balaban J connectivity index is 1.55. The molecule has 2 aliphatic carbocycles. The van der Waals surface area contributed by atoms with E-state index in [1.54, 1.807) is 12.1 Å². The van der Waals surface area contributed by atoms with E-state index in [1.807, 2.05) is 12.1 Å². The van der Waals surface area contributed by atoms with Crippen molar-refractivity contribution in [2.45, 2.75) is 111 Å². The van der Waals surface area contributed by atoms with E-state index in [4.69, 9.17) is 4.99 Å². The van der Waals surface area contributed by atoms with Gasteiger partial charge in [-0.3, -0.25) is 9.79 Å². The van der Waals surface area contributed by atoms with Crippen LogP contribution in [0.4, 0.5) is 0 Å². The molecule has 1 N–H and O–H groups in total. The van der Waals surface area contributed by atoms with Gasteiger partial charge in [0.15, 0.2) is 0 Å². The molecule has 5 heteroatoms. The van der Waals surface area contributed by atoms with E-state index in [0.717, 1.165) is 49.7 Å². The van der Waals surface area contributed by atoms with Crippen LogP contribution in [0.25, 0.3) is 0 Å². The smallest absolute Gasteiger partial charge is 0.335 e. The number of rotatable bonds is 7. The molecule has 40 heavy (non-hydrogen) atoms. The van der Waals surface area contributed by atoms with Gasteiger partial charge in [-0.2, -0.15) is 0 Å². The van der Waals surface area contributed by atoms with Crippen LogP contribution in [0.2, 0.25) is 0 Å². The molecule has 5 rings (SSSR count). The first-order valence-corrected chi connectivity index (χ1v) is 15.1. The first-order valence-electron chi connectivity index (χ1n) is 15.1. The fraction of sp³-hybridized carbons (Fsp3) is 0.571. The molecular formula is C35H46N2O3. The number of carboxylic acids is 1. The van der Waals surface area contributed by atoms with Crippen molar-refractivity contribution in [3.8, 4) is 0 Å². The highest BCUT2D eigenvalue weighted by Gasteiger charge is 2.52. The van der Waals surface area contributed by atoms with Gasteiger partial charge in [0.2, 0.25) is 0 Å². The van der Waals surface area contributed by atoms with Gasteiger partial charge < -0.3 is 10.0 Å². The van der Waals surface area contributed by atoms with Crippen LogP contribution in [0.15, 0.2) is 53.5 Å². The number of carboxylic acid groups (broad SMARTS) is 1. The van der Waals surface area contributed by atoms with Gasteiger partial charge in [-0.1, -0.05) is 77.9 Å². The zero-order valence-electron chi connectivity index (χ0n) is 25.2. The summed E-state index contributed by atoms with van der Waals surface area (Å²) in [7, 11) is 0. The molecule has 3 aliphatic rings. The molecule has 0 bridgehead atoms.